The number of aliphatic carboxylic acids is 2. The highest BCUT2D eigenvalue weighted by Gasteiger charge is 2.13. The first-order valence-corrected chi connectivity index (χ1v) is 5.79. The van der Waals surface area contributed by atoms with E-state index in [0.717, 1.165) is 0 Å². The van der Waals surface area contributed by atoms with Crippen LogP contribution in [-0.4, -0.2) is 35.2 Å². The van der Waals surface area contributed by atoms with E-state index in [-0.39, 0.29) is 19.5 Å². The van der Waals surface area contributed by atoms with Crippen LogP contribution in [0.4, 0.5) is 5.69 Å². The van der Waals surface area contributed by atoms with E-state index >= 15 is 0 Å². The quantitative estimate of drug-likeness (QED) is 0.841. The fourth-order valence-corrected chi connectivity index (χ4v) is 1.67. The molecule has 0 saturated carbocycles. The number of nitrogens with zero attached hydrogens (tertiary/aromatic N) is 1. The lowest BCUT2D eigenvalue weighted by molar-refractivity contribution is -0.138. The molecule has 1 aromatic rings. The fraction of sp³-hybridized carbons (Fsp3) is 0.273. The Labute approximate surface area is 114 Å². The summed E-state index contributed by atoms with van der Waals surface area (Å²) in [6, 6.07) is 4.64. The van der Waals surface area contributed by atoms with Gasteiger partial charge in [0, 0.05) is 12.2 Å². The van der Waals surface area contributed by atoms with Crippen molar-refractivity contribution in [2.75, 3.05) is 18.0 Å². The molecule has 2 N–H and O–H groups in total. The molecular weight excluding hydrogens is 281 g/mol. The van der Waals surface area contributed by atoms with E-state index in [4.69, 9.17) is 33.4 Å². The molecule has 0 aliphatic carbocycles. The third-order valence-corrected chi connectivity index (χ3v) is 2.93. The van der Waals surface area contributed by atoms with Crippen LogP contribution in [0.3, 0.4) is 0 Å². The molecule has 0 amide bonds. The summed E-state index contributed by atoms with van der Waals surface area (Å²) in [6.07, 6.45) is -0.159. The second-order valence-electron chi connectivity index (χ2n) is 3.56. The Hall–Kier alpha value is -1.46. The van der Waals surface area contributed by atoms with Crippen LogP contribution < -0.4 is 4.90 Å². The molecule has 0 saturated heterocycles. The van der Waals surface area contributed by atoms with Crippen molar-refractivity contribution >= 4 is 40.8 Å². The lowest BCUT2D eigenvalue weighted by atomic mass is 10.2. The first-order chi connectivity index (χ1) is 8.40. The van der Waals surface area contributed by atoms with E-state index in [1.807, 2.05) is 0 Å². The first kappa shape index (κ1) is 14.6. The van der Waals surface area contributed by atoms with Crippen molar-refractivity contribution in [2.45, 2.75) is 6.42 Å². The highest BCUT2D eigenvalue weighted by Crippen LogP contribution is 2.27. The molecule has 0 bridgehead atoms. The number of anilines is 1. The van der Waals surface area contributed by atoms with Gasteiger partial charge in [0.05, 0.1) is 16.5 Å². The summed E-state index contributed by atoms with van der Waals surface area (Å²) in [5, 5.41) is 18.1. The summed E-state index contributed by atoms with van der Waals surface area (Å²) in [5.41, 5.74) is 0.521. The molecule has 98 valence electrons. The Morgan fingerprint density at radius 1 is 1.11 bits per heavy atom. The number of carbonyl (C=O) groups is 2. The number of rotatable bonds is 6. The van der Waals surface area contributed by atoms with Crippen molar-refractivity contribution in [3.8, 4) is 0 Å². The van der Waals surface area contributed by atoms with Crippen LogP contribution in [0.1, 0.15) is 6.42 Å². The summed E-state index contributed by atoms with van der Waals surface area (Å²) in [4.78, 5) is 22.7. The topological polar surface area (TPSA) is 77.8 Å². The number of carboxylic acid groups (broad SMARTS) is 2. The second kappa shape index (κ2) is 6.47. The number of hydrogen-bond donors (Lipinski definition) is 2. The maximum atomic E-state index is 10.7. The zero-order valence-corrected chi connectivity index (χ0v) is 10.8. The minimum Gasteiger partial charge on any atom is -0.481 e. The predicted molar refractivity (Wildman–Crippen MR) is 68.6 cm³/mol. The van der Waals surface area contributed by atoms with Crippen LogP contribution in [0, 0.1) is 0 Å². The minimum atomic E-state index is -1.05. The van der Waals surface area contributed by atoms with Crippen molar-refractivity contribution in [2.24, 2.45) is 0 Å². The van der Waals surface area contributed by atoms with Crippen molar-refractivity contribution in [3.63, 3.8) is 0 Å². The van der Waals surface area contributed by atoms with Gasteiger partial charge in [0.15, 0.2) is 0 Å². The van der Waals surface area contributed by atoms with Gasteiger partial charge < -0.3 is 15.1 Å². The highest BCUT2D eigenvalue weighted by atomic mass is 35.5. The Kier molecular flexibility index (Phi) is 5.25. The van der Waals surface area contributed by atoms with Gasteiger partial charge in [0.2, 0.25) is 0 Å². The molecule has 0 unspecified atom stereocenters. The van der Waals surface area contributed by atoms with Crippen LogP contribution in [0.2, 0.25) is 10.0 Å². The molecule has 7 heteroatoms. The van der Waals surface area contributed by atoms with Gasteiger partial charge >= 0.3 is 11.9 Å². The SMILES string of the molecule is O=C(O)CCN(CC(=O)O)c1ccc(Cl)c(Cl)c1. The molecule has 0 aliphatic rings. The average molecular weight is 292 g/mol. The molecule has 0 atom stereocenters. The van der Waals surface area contributed by atoms with Crippen LogP contribution in [0.5, 0.6) is 0 Å². The van der Waals surface area contributed by atoms with Crippen molar-refractivity contribution in [1.29, 1.82) is 0 Å². The normalized spacial score (nSPS) is 10.1. The van der Waals surface area contributed by atoms with Crippen LogP contribution >= 0.6 is 23.2 Å². The minimum absolute atomic E-state index is 0.0829. The molecule has 0 aliphatic heterocycles. The van der Waals surface area contributed by atoms with Gasteiger partial charge in [0.1, 0.15) is 6.54 Å². The molecule has 0 heterocycles. The van der Waals surface area contributed by atoms with Crippen LogP contribution in [0.15, 0.2) is 18.2 Å². The molecule has 1 aromatic carbocycles. The number of carboxylic acids is 2. The Bertz CT molecular complexity index is 464. The molecule has 0 radical (unpaired) electrons. The van der Waals surface area contributed by atoms with Gasteiger partial charge in [-0.3, -0.25) is 9.59 Å². The zero-order valence-electron chi connectivity index (χ0n) is 9.27. The largest absolute Gasteiger partial charge is 0.481 e. The number of benzene rings is 1. The molecule has 0 fully saturated rings. The molecule has 18 heavy (non-hydrogen) atoms. The van der Waals surface area contributed by atoms with Crippen molar-refractivity contribution < 1.29 is 19.8 Å². The molecular formula is C11H11Cl2NO4. The van der Waals surface area contributed by atoms with Crippen LogP contribution in [0.25, 0.3) is 0 Å². The van der Waals surface area contributed by atoms with Gasteiger partial charge in [0.25, 0.3) is 0 Å². The number of hydrogen-bond acceptors (Lipinski definition) is 3. The molecule has 1 rings (SSSR count). The Balaban J connectivity index is 2.89. The van der Waals surface area contributed by atoms with Crippen molar-refractivity contribution in [3.05, 3.63) is 28.2 Å². The van der Waals surface area contributed by atoms with Gasteiger partial charge in [-0.2, -0.15) is 0 Å². The zero-order chi connectivity index (χ0) is 13.7. The van der Waals surface area contributed by atoms with E-state index < -0.39 is 11.9 Å². The van der Waals surface area contributed by atoms with E-state index in [1.165, 1.54) is 17.0 Å². The van der Waals surface area contributed by atoms with Gasteiger partial charge in [-0.25, -0.2) is 0 Å². The van der Waals surface area contributed by atoms with Crippen LogP contribution in [-0.2, 0) is 9.59 Å². The van der Waals surface area contributed by atoms with Gasteiger partial charge in [-0.1, -0.05) is 23.2 Å². The van der Waals surface area contributed by atoms with E-state index in [1.54, 1.807) is 6.07 Å². The smallest absolute Gasteiger partial charge is 0.323 e. The lowest BCUT2D eigenvalue weighted by Crippen LogP contribution is -2.31. The van der Waals surface area contributed by atoms with Gasteiger partial charge in [-0.05, 0) is 18.2 Å². The standard InChI is InChI=1S/C11H11Cl2NO4/c12-8-2-1-7(5-9(8)13)14(6-11(17)18)4-3-10(15)16/h1-2,5H,3-4,6H2,(H,15,16)(H,17,18). The Morgan fingerprint density at radius 2 is 1.78 bits per heavy atom. The maximum Gasteiger partial charge on any atom is 0.323 e. The fourth-order valence-electron chi connectivity index (χ4n) is 1.38. The third-order valence-electron chi connectivity index (χ3n) is 2.19. The lowest BCUT2D eigenvalue weighted by Gasteiger charge is -2.22. The van der Waals surface area contributed by atoms with E-state index in [0.29, 0.717) is 15.7 Å². The monoisotopic (exact) mass is 291 g/mol. The van der Waals surface area contributed by atoms with E-state index in [2.05, 4.69) is 0 Å². The second-order valence-corrected chi connectivity index (χ2v) is 4.37. The Morgan fingerprint density at radius 3 is 2.28 bits per heavy atom. The third kappa shape index (κ3) is 4.43. The van der Waals surface area contributed by atoms with Crippen molar-refractivity contribution in [1.82, 2.24) is 0 Å². The summed E-state index contributed by atoms with van der Waals surface area (Å²) in [5.74, 6) is -2.04. The predicted octanol–water partition coefficient (Wildman–Crippen LogP) is 2.36. The van der Waals surface area contributed by atoms with E-state index in [9.17, 15) is 9.59 Å². The molecule has 0 aromatic heterocycles. The summed E-state index contributed by atoms with van der Waals surface area (Å²) in [6.45, 7) is -0.217. The maximum absolute atomic E-state index is 10.7. The molecule has 5 nitrogen and oxygen atoms in total. The summed E-state index contributed by atoms with van der Waals surface area (Å²) < 4.78 is 0. The summed E-state index contributed by atoms with van der Waals surface area (Å²) >= 11 is 11.6. The van der Waals surface area contributed by atoms with Gasteiger partial charge in [-0.15, -0.1) is 0 Å². The highest BCUT2D eigenvalue weighted by molar-refractivity contribution is 6.42. The average Bonchev–Trinajstić information content (AvgIpc) is 2.27. The number of halogens is 2. The molecule has 0 spiro atoms. The first-order valence-electron chi connectivity index (χ1n) is 5.03. The summed E-state index contributed by atoms with van der Waals surface area (Å²) in [7, 11) is 0.